The predicted molar refractivity (Wildman–Crippen MR) is 103 cm³/mol. The van der Waals surface area contributed by atoms with Crippen LogP contribution in [-0.2, 0) is 0 Å². The number of pyridine rings is 2. The Morgan fingerprint density at radius 2 is 1.56 bits per heavy atom. The highest BCUT2D eigenvalue weighted by molar-refractivity contribution is 6.11. The molecule has 3 nitrogen and oxygen atoms in total. The molecule has 0 unspecified atom stereocenters. The minimum atomic E-state index is 0.980. The van der Waals surface area contributed by atoms with Crippen LogP contribution in [0.25, 0.3) is 38.6 Å². The second-order valence-corrected chi connectivity index (χ2v) is 6.52. The van der Waals surface area contributed by atoms with Crippen molar-refractivity contribution in [3.63, 3.8) is 0 Å². The second kappa shape index (κ2) is 5.15. The molecule has 25 heavy (non-hydrogen) atoms. The van der Waals surface area contributed by atoms with Gasteiger partial charge in [-0.15, -0.1) is 0 Å². The molecule has 3 heteroatoms. The first-order chi connectivity index (χ1) is 12.2. The van der Waals surface area contributed by atoms with E-state index in [9.17, 15) is 0 Å². The van der Waals surface area contributed by atoms with Gasteiger partial charge in [0.1, 0.15) is 5.65 Å². The van der Waals surface area contributed by atoms with Crippen molar-refractivity contribution in [2.75, 3.05) is 0 Å². The molecule has 3 heterocycles. The van der Waals surface area contributed by atoms with Crippen LogP contribution < -0.4 is 0 Å². The Kier molecular flexibility index (Phi) is 2.92. The van der Waals surface area contributed by atoms with Crippen molar-refractivity contribution in [3.05, 3.63) is 78.2 Å². The van der Waals surface area contributed by atoms with Gasteiger partial charge in [0.25, 0.3) is 0 Å². The number of fused-ring (bicyclic) bond motifs is 6. The van der Waals surface area contributed by atoms with E-state index in [4.69, 9.17) is 4.98 Å². The topological polar surface area (TPSA) is 30.2 Å². The molecule has 0 N–H and O–H groups in total. The molecule has 2 aromatic carbocycles. The first kappa shape index (κ1) is 14.2. The standard InChI is InChI=1S/C22H17N3/c1-14-6-5-7-15(2)21(14)19-13-25-20-12-23-11-10-17(20)16-8-3-4-9-18(16)22(25)24-19/h3-13H,1-2H3. The summed E-state index contributed by atoms with van der Waals surface area (Å²) in [5.74, 6) is 0. The van der Waals surface area contributed by atoms with Gasteiger partial charge in [-0.05, 0) is 36.4 Å². The molecule has 5 aromatic rings. The predicted octanol–water partition coefficient (Wildman–Crippen LogP) is 5.32. The Bertz CT molecular complexity index is 1170. The molecule has 0 aliphatic heterocycles. The zero-order valence-electron chi connectivity index (χ0n) is 14.2. The lowest BCUT2D eigenvalue weighted by molar-refractivity contribution is 1.24. The van der Waals surface area contributed by atoms with Gasteiger partial charge in [-0.3, -0.25) is 9.38 Å². The number of hydrogen-bond acceptors (Lipinski definition) is 2. The number of aromatic nitrogens is 3. The largest absolute Gasteiger partial charge is 0.297 e. The molecule has 0 atom stereocenters. The van der Waals surface area contributed by atoms with E-state index in [2.05, 4.69) is 78.0 Å². The quantitative estimate of drug-likeness (QED) is 0.391. The van der Waals surface area contributed by atoms with Crippen LogP contribution in [0.3, 0.4) is 0 Å². The number of hydrogen-bond donors (Lipinski definition) is 0. The van der Waals surface area contributed by atoms with E-state index in [1.807, 2.05) is 12.4 Å². The zero-order valence-corrected chi connectivity index (χ0v) is 14.2. The Hall–Kier alpha value is -3.20. The third kappa shape index (κ3) is 1.99. The minimum absolute atomic E-state index is 0.980. The molecular weight excluding hydrogens is 306 g/mol. The third-order valence-corrected chi connectivity index (χ3v) is 4.96. The van der Waals surface area contributed by atoms with Crippen LogP contribution in [0.1, 0.15) is 11.1 Å². The highest BCUT2D eigenvalue weighted by Crippen LogP contribution is 2.32. The molecule has 0 aliphatic rings. The second-order valence-electron chi connectivity index (χ2n) is 6.52. The van der Waals surface area contributed by atoms with Crippen LogP contribution in [0.5, 0.6) is 0 Å². The minimum Gasteiger partial charge on any atom is -0.297 e. The summed E-state index contributed by atoms with van der Waals surface area (Å²) in [6.45, 7) is 4.29. The molecule has 5 rings (SSSR count). The summed E-state index contributed by atoms with van der Waals surface area (Å²) in [5, 5.41) is 3.58. The molecule has 0 spiro atoms. The Labute approximate surface area is 145 Å². The van der Waals surface area contributed by atoms with E-state index in [1.54, 1.807) is 0 Å². The van der Waals surface area contributed by atoms with Gasteiger partial charge < -0.3 is 0 Å². The number of rotatable bonds is 1. The molecule has 0 bridgehead atoms. The number of benzene rings is 2. The highest BCUT2D eigenvalue weighted by atomic mass is 15.0. The van der Waals surface area contributed by atoms with Crippen molar-refractivity contribution in [3.8, 4) is 11.3 Å². The Morgan fingerprint density at radius 3 is 2.36 bits per heavy atom. The monoisotopic (exact) mass is 323 g/mol. The van der Waals surface area contributed by atoms with Crippen molar-refractivity contribution < 1.29 is 0 Å². The molecule has 0 radical (unpaired) electrons. The summed E-state index contributed by atoms with van der Waals surface area (Å²) >= 11 is 0. The molecule has 0 aliphatic carbocycles. The fourth-order valence-corrected chi connectivity index (χ4v) is 3.81. The molecule has 0 saturated carbocycles. The SMILES string of the molecule is Cc1cccc(C)c1-c1cn2c3cnccc3c3ccccc3c2n1. The van der Waals surface area contributed by atoms with E-state index in [0.29, 0.717) is 0 Å². The van der Waals surface area contributed by atoms with Gasteiger partial charge in [-0.2, -0.15) is 0 Å². The maximum atomic E-state index is 5.02. The average Bonchev–Trinajstić information content (AvgIpc) is 3.07. The van der Waals surface area contributed by atoms with Crippen LogP contribution in [-0.4, -0.2) is 14.4 Å². The van der Waals surface area contributed by atoms with Gasteiger partial charge in [-0.25, -0.2) is 4.98 Å². The van der Waals surface area contributed by atoms with Crippen LogP contribution in [0.15, 0.2) is 67.1 Å². The summed E-state index contributed by atoms with van der Waals surface area (Å²) in [6, 6.07) is 16.9. The summed E-state index contributed by atoms with van der Waals surface area (Å²) < 4.78 is 2.17. The lowest BCUT2D eigenvalue weighted by atomic mass is 10.0. The lowest BCUT2D eigenvalue weighted by Gasteiger charge is -2.06. The maximum Gasteiger partial charge on any atom is 0.145 e. The van der Waals surface area contributed by atoms with E-state index in [0.717, 1.165) is 16.9 Å². The summed E-state index contributed by atoms with van der Waals surface area (Å²) in [5.41, 5.74) is 6.78. The molecule has 120 valence electrons. The normalized spacial score (nSPS) is 11.6. The van der Waals surface area contributed by atoms with Crippen molar-refractivity contribution in [1.29, 1.82) is 0 Å². The smallest absolute Gasteiger partial charge is 0.145 e. The summed E-state index contributed by atoms with van der Waals surface area (Å²) in [7, 11) is 0. The third-order valence-electron chi connectivity index (χ3n) is 4.96. The van der Waals surface area contributed by atoms with Crippen LogP contribution in [0.2, 0.25) is 0 Å². The maximum absolute atomic E-state index is 5.02. The van der Waals surface area contributed by atoms with Gasteiger partial charge in [0.15, 0.2) is 0 Å². The Morgan fingerprint density at radius 1 is 0.800 bits per heavy atom. The fraction of sp³-hybridized carbons (Fsp3) is 0.0909. The molecule has 3 aromatic heterocycles. The van der Waals surface area contributed by atoms with Gasteiger partial charge in [0.05, 0.1) is 17.4 Å². The van der Waals surface area contributed by atoms with Crippen molar-refractivity contribution >= 4 is 27.3 Å². The summed E-state index contributed by atoms with van der Waals surface area (Å²) in [4.78, 5) is 9.36. The van der Waals surface area contributed by atoms with Crippen LogP contribution >= 0.6 is 0 Å². The fourth-order valence-electron chi connectivity index (χ4n) is 3.81. The number of imidazole rings is 1. The molecular formula is C22H17N3. The van der Waals surface area contributed by atoms with Crippen molar-refractivity contribution in [2.45, 2.75) is 13.8 Å². The molecule has 0 amide bonds. The first-order valence-electron chi connectivity index (χ1n) is 8.44. The van der Waals surface area contributed by atoms with Crippen molar-refractivity contribution in [1.82, 2.24) is 14.4 Å². The Balaban J connectivity index is 1.98. The average molecular weight is 323 g/mol. The van der Waals surface area contributed by atoms with Gasteiger partial charge in [0.2, 0.25) is 0 Å². The zero-order chi connectivity index (χ0) is 17.0. The van der Waals surface area contributed by atoms with Crippen molar-refractivity contribution in [2.24, 2.45) is 0 Å². The summed E-state index contributed by atoms with van der Waals surface area (Å²) in [6.07, 6.45) is 5.91. The molecule has 0 saturated heterocycles. The van der Waals surface area contributed by atoms with E-state index in [-0.39, 0.29) is 0 Å². The van der Waals surface area contributed by atoms with E-state index in [1.165, 1.54) is 32.8 Å². The highest BCUT2D eigenvalue weighted by Gasteiger charge is 2.14. The van der Waals surface area contributed by atoms with Crippen LogP contribution in [0.4, 0.5) is 0 Å². The van der Waals surface area contributed by atoms with E-state index >= 15 is 0 Å². The van der Waals surface area contributed by atoms with Crippen LogP contribution in [0, 0.1) is 13.8 Å². The lowest BCUT2D eigenvalue weighted by Crippen LogP contribution is -1.90. The van der Waals surface area contributed by atoms with Gasteiger partial charge in [0, 0.05) is 28.7 Å². The molecule has 0 fully saturated rings. The number of nitrogens with zero attached hydrogens (tertiary/aromatic N) is 3. The van der Waals surface area contributed by atoms with Gasteiger partial charge in [-0.1, -0.05) is 42.5 Å². The first-order valence-corrected chi connectivity index (χ1v) is 8.44. The van der Waals surface area contributed by atoms with E-state index < -0.39 is 0 Å². The number of aryl methyl sites for hydroxylation is 2. The van der Waals surface area contributed by atoms with Gasteiger partial charge >= 0.3 is 0 Å².